The molecule has 0 fully saturated rings. The van der Waals surface area contributed by atoms with Crippen molar-refractivity contribution < 1.29 is 4.39 Å². The summed E-state index contributed by atoms with van der Waals surface area (Å²) < 4.78 is 13.5. The molecular formula is C15H19FN4. The van der Waals surface area contributed by atoms with E-state index in [0.29, 0.717) is 28.7 Å². The normalized spacial score (nSPS) is 11.4. The van der Waals surface area contributed by atoms with Gasteiger partial charge >= 0.3 is 0 Å². The first-order valence-corrected chi connectivity index (χ1v) is 6.44. The van der Waals surface area contributed by atoms with Crippen molar-refractivity contribution in [1.82, 2.24) is 9.97 Å². The zero-order valence-electron chi connectivity index (χ0n) is 12.2. The van der Waals surface area contributed by atoms with Gasteiger partial charge in [0, 0.05) is 17.2 Å². The summed E-state index contributed by atoms with van der Waals surface area (Å²) in [6, 6.07) is 6.58. The molecule has 1 heterocycles. The molecule has 0 amide bonds. The molecular weight excluding hydrogens is 255 g/mol. The molecule has 0 spiro atoms. The minimum absolute atomic E-state index is 0.204. The first-order valence-electron chi connectivity index (χ1n) is 6.44. The molecule has 0 saturated heterocycles. The second kappa shape index (κ2) is 5.07. The number of nitrogen functional groups attached to an aromatic ring is 1. The summed E-state index contributed by atoms with van der Waals surface area (Å²) >= 11 is 0. The molecule has 5 heteroatoms. The fourth-order valence-corrected chi connectivity index (χ4v) is 1.68. The maximum atomic E-state index is 13.5. The van der Waals surface area contributed by atoms with Crippen LogP contribution in [0.15, 0.2) is 24.3 Å². The maximum Gasteiger partial charge on any atom is 0.138 e. The molecule has 1 aromatic heterocycles. The number of nitrogens with one attached hydrogen (secondary N) is 1. The van der Waals surface area contributed by atoms with Crippen LogP contribution in [0.25, 0.3) is 0 Å². The smallest absolute Gasteiger partial charge is 0.138 e. The molecule has 0 aliphatic heterocycles. The van der Waals surface area contributed by atoms with E-state index in [1.54, 1.807) is 25.1 Å². The summed E-state index contributed by atoms with van der Waals surface area (Å²) in [5.41, 5.74) is 6.83. The van der Waals surface area contributed by atoms with Crippen LogP contribution in [0.1, 0.15) is 32.2 Å². The van der Waals surface area contributed by atoms with Crippen LogP contribution in [0.4, 0.5) is 21.7 Å². The Hall–Kier alpha value is -2.17. The summed E-state index contributed by atoms with van der Waals surface area (Å²) in [6.07, 6.45) is 0. The van der Waals surface area contributed by atoms with Gasteiger partial charge in [-0.05, 0) is 24.6 Å². The highest BCUT2D eigenvalue weighted by atomic mass is 19.1. The van der Waals surface area contributed by atoms with E-state index in [2.05, 4.69) is 15.3 Å². The highest BCUT2D eigenvalue weighted by molar-refractivity contribution is 5.59. The lowest BCUT2D eigenvalue weighted by molar-refractivity contribution is 0.547. The third-order valence-electron chi connectivity index (χ3n) is 2.86. The van der Waals surface area contributed by atoms with Crippen LogP contribution < -0.4 is 11.1 Å². The van der Waals surface area contributed by atoms with Gasteiger partial charge in [-0.1, -0.05) is 26.8 Å². The van der Waals surface area contributed by atoms with Crippen molar-refractivity contribution in [1.29, 1.82) is 0 Å². The van der Waals surface area contributed by atoms with Crippen LogP contribution >= 0.6 is 0 Å². The molecule has 0 atom stereocenters. The molecule has 2 aromatic rings. The summed E-state index contributed by atoms with van der Waals surface area (Å²) in [5.74, 6) is 1.34. The molecule has 0 unspecified atom stereocenters. The number of nitrogens with zero attached hydrogens (tertiary/aromatic N) is 2. The molecule has 0 radical (unpaired) electrons. The lowest BCUT2D eigenvalue weighted by Gasteiger charge is -2.18. The Morgan fingerprint density at radius 2 is 1.85 bits per heavy atom. The average molecular weight is 274 g/mol. The summed E-state index contributed by atoms with van der Waals surface area (Å²) in [5, 5.41) is 3.05. The van der Waals surface area contributed by atoms with Gasteiger partial charge in [-0.2, -0.15) is 0 Å². The molecule has 0 aliphatic rings. The van der Waals surface area contributed by atoms with E-state index in [1.165, 1.54) is 6.07 Å². The quantitative estimate of drug-likeness (QED) is 0.879. The Morgan fingerprint density at radius 1 is 1.15 bits per heavy atom. The molecule has 20 heavy (non-hydrogen) atoms. The van der Waals surface area contributed by atoms with Crippen molar-refractivity contribution in [3.05, 3.63) is 41.5 Å². The van der Waals surface area contributed by atoms with E-state index in [4.69, 9.17) is 5.73 Å². The van der Waals surface area contributed by atoms with Crippen molar-refractivity contribution in [3.63, 3.8) is 0 Å². The summed E-state index contributed by atoms with van der Waals surface area (Å²) in [4.78, 5) is 8.66. The van der Waals surface area contributed by atoms with Gasteiger partial charge in [0.05, 0.1) is 0 Å². The highest BCUT2D eigenvalue weighted by Gasteiger charge is 2.18. The lowest BCUT2D eigenvalue weighted by atomic mass is 9.96. The third kappa shape index (κ3) is 3.23. The Balaban J connectivity index is 2.33. The summed E-state index contributed by atoms with van der Waals surface area (Å²) in [6.45, 7) is 7.75. The largest absolute Gasteiger partial charge is 0.384 e. The topological polar surface area (TPSA) is 63.8 Å². The zero-order valence-corrected chi connectivity index (χ0v) is 12.2. The SMILES string of the molecule is Cc1ccc(Nc2cc(N)nc(C(C)(C)C)n2)cc1F. The van der Waals surface area contributed by atoms with E-state index >= 15 is 0 Å². The zero-order chi connectivity index (χ0) is 14.9. The predicted octanol–water partition coefficient (Wildman–Crippen LogP) is 3.55. The van der Waals surface area contributed by atoms with Gasteiger partial charge in [0.25, 0.3) is 0 Å². The molecule has 3 N–H and O–H groups in total. The molecule has 2 rings (SSSR count). The van der Waals surface area contributed by atoms with Crippen LogP contribution in [0.5, 0.6) is 0 Å². The highest BCUT2D eigenvalue weighted by Crippen LogP contribution is 2.23. The van der Waals surface area contributed by atoms with Crippen LogP contribution in [0.2, 0.25) is 0 Å². The number of rotatable bonds is 2. The first kappa shape index (κ1) is 14.2. The van der Waals surface area contributed by atoms with Crippen LogP contribution in [-0.4, -0.2) is 9.97 Å². The van der Waals surface area contributed by atoms with E-state index in [9.17, 15) is 4.39 Å². The van der Waals surface area contributed by atoms with Crippen LogP contribution in [0.3, 0.4) is 0 Å². The number of hydrogen-bond acceptors (Lipinski definition) is 4. The van der Waals surface area contributed by atoms with Crippen molar-refractivity contribution in [2.45, 2.75) is 33.1 Å². The van der Waals surface area contributed by atoms with Crippen molar-refractivity contribution in [3.8, 4) is 0 Å². The number of halogens is 1. The van der Waals surface area contributed by atoms with Gasteiger partial charge in [0.1, 0.15) is 23.3 Å². The predicted molar refractivity (Wildman–Crippen MR) is 79.6 cm³/mol. The molecule has 0 aliphatic carbocycles. The second-order valence-electron chi connectivity index (χ2n) is 5.84. The van der Waals surface area contributed by atoms with Crippen molar-refractivity contribution in [2.24, 2.45) is 0 Å². The van der Waals surface area contributed by atoms with Gasteiger partial charge in [0.2, 0.25) is 0 Å². The van der Waals surface area contributed by atoms with E-state index in [1.807, 2.05) is 20.8 Å². The third-order valence-corrected chi connectivity index (χ3v) is 2.86. The van der Waals surface area contributed by atoms with Crippen molar-refractivity contribution in [2.75, 3.05) is 11.1 Å². The Labute approximate surface area is 118 Å². The van der Waals surface area contributed by atoms with E-state index in [0.717, 1.165) is 0 Å². The number of nitrogens with two attached hydrogens (primary N) is 1. The molecule has 0 bridgehead atoms. The maximum absolute atomic E-state index is 13.5. The fraction of sp³-hybridized carbons (Fsp3) is 0.333. The molecule has 1 aromatic carbocycles. The summed E-state index contributed by atoms with van der Waals surface area (Å²) in [7, 11) is 0. The van der Waals surface area contributed by atoms with Gasteiger partial charge in [-0.3, -0.25) is 0 Å². The number of aryl methyl sites for hydroxylation is 1. The molecule has 4 nitrogen and oxygen atoms in total. The van der Waals surface area contributed by atoms with Gasteiger partial charge in [-0.25, -0.2) is 14.4 Å². The molecule has 106 valence electrons. The van der Waals surface area contributed by atoms with Crippen molar-refractivity contribution >= 4 is 17.3 Å². The average Bonchev–Trinajstić information content (AvgIpc) is 2.32. The fourth-order valence-electron chi connectivity index (χ4n) is 1.68. The van der Waals surface area contributed by atoms with E-state index < -0.39 is 0 Å². The minimum atomic E-state index is -0.256. The van der Waals surface area contributed by atoms with Gasteiger partial charge < -0.3 is 11.1 Å². The second-order valence-corrected chi connectivity index (χ2v) is 5.84. The van der Waals surface area contributed by atoms with Gasteiger partial charge in [-0.15, -0.1) is 0 Å². The van der Waals surface area contributed by atoms with Crippen LogP contribution in [0, 0.1) is 12.7 Å². The number of aromatic nitrogens is 2. The standard InChI is InChI=1S/C15H19FN4/c1-9-5-6-10(7-11(9)16)18-13-8-12(17)19-14(20-13)15(2,3)4/h5-8H,1-4H3,(H3,17,18,19,20). The number of anilines is 3. The number of benzene rings is 1. The Bertz CT molecular complexity index is 632. The number of hydrogen-bond donors (Lipinski definition) is 2. The van der Waals surface area contributed by atoms with Crippen LogP contribution in [-0.2, 0) is 5.41 Å². The Morgan fingerprint density at radius 3 is 2.45 bits per heavy atom. The lowest BCUT2D eigenvalue weighted by Crippen LogP contribution is -2.17. The monoisotopic (exact) mass is 274 g/mol. The first-order chi connectivity index (χ1) is 9.25. The van der Waals surface area contributed by atoms with Gasteiger partial charge in [0.15, 0.2) is 0 Å². The molecule has 0 saturated carbocycles. The Kier molecular flexibility index (Phi) is 3.61. The van der Waals surface area contributed by atoms with E-state index in [-0.39, 0.29) is 11.2 Å². The minimum Gasteiger partial charge on any atom is -0.384 e.